The van der Waals surface area contributed by atoms with E-state index in [1.165, 1.54) is 42.8 Å². The molecular formula is C15H25NOS. The van der Waals surface area contributed by atoms with Gasteiger partial charge >= 0.3 is 0 Å². The third-order valence-electron chi connectivity index (χ3n) is 3.80. The Bertz CT molecular complexity index is 355. The second kappa shape index (κ2) is 6.67. The van der Waals surface area contributed by atoms with Crippen LogP contribution in [0.4, 0.5) is 0 Å². The molecule has 0 spiro atoms. The zero-order valence-corrected chi connectivity index (χ0v) is 12.6. The van der Waals surface area contributed by atoms with Crippen LogP contribution in [0.5, 0.6) is 0 Å². The minimum Gasteiger partial charge on any atom is -0.371 e. The Morgan fingerprint density at radius 1 is 1.33 bits per heavy atom. The Morgan fingerprint density at radius 2 is 2.06 bits per heavy atom. The summed E-state index contributed by atoms with van der Waals surface area (Å²) in [5.74, 6) is 1.20. The van der Waals surface area contributed by atoms with Crippen LogP contribution >= 0.6 is 11.3 Å². The SMILES string of the molecule is CCOC(c1nc(C(C)C)cs1)C1CCCCC1. The molecule has 0 aliphatic heterocycles. The first-order valence-electron chi connectivity index (χ1n) is 7.29. The number of thiazole rings is 1. The fraction of sp³-hybridized carbons (Fsp3) is 0.800. The van der Waals surface area contributed by atoms with Crippen LogP contribution in [0.25, 0.3) is 0 Å². The number of nitrogens with zero attached hydrogens (tertiary/aromatic N) is 1. The number of hydrogen-bond acceptors (Lipinski definition) is 3. The fourth-order valence-corrected chi connectivity index (χ4v) is 3.84. The van der Waals surface area contributed by atoms with E-state index >= 15 is 0 Å². The molecule has 0 radical (unpaired) electrons. The van der Waals surface area contributed by atoms with Crippen LogP contribution in [0.1, 0.15) is 75.6 Å². The average Bonchev–Trinajstić information content (AvgIpc) is 2.86. The molecule has 0 aromatic carbocycles. The summed E-state index contributed by atoms with van der Waals surface area (Å²) in [6, 6.07) is 0. The highest BCUT2D eigenvalue weighted by Crippen LogP contribution is 2.38. The normalized spacial score (nSPS) is 19.3. The quantitative estimate of drug-likeness (QED) is 0.755. The van der Waals surface area contributed by atoms with Crippen molar-refractivity contribution >= 4 is 11.3 Å². The topological polar surface area (TPSA) is 22.1 Å². The highest BCUT2D eigenvalue weighted by Gasteiger charge is 2.28. The Morgan fingerprint density at radius 3 is 2.61 bits per heavy atom. The molecule has 0 bridgehead atoms. The zero-order valence-electron chi connectivity index (χ0n) is 11.8. The molecule has 1 atom stereocenters. The molecule has 2 rings (SSSR count). The predicted molar refractivity (Wildman–Crippen MR) is 77.1 cm³/mol. The van der Waals surface area contributed by atoms with Crippen LogP contribution in [-0.2, 0) is 4.74 Å². The lowest BCUT2D eigenvalue weighted by atomic mass is 9.85. The van der Waals surface area contributed by atoms with Crippen molar-refractivity contribution in [3.63, 3.8) is 0 Å². The van der Waals surface area contributed by atoms with Gasteiger partial charge < -0.3 is 4.74 Å². The van der Waals surface area contributed by atoms with Gasteiger partial charge in [0.1, 0.15) is 11.1 Å². The highest BCUT2D eigenvalue weighted by atomic mass is 32.1. The third kappa shape index (κ3) is 3.33. The largest absolute Gasteiger partial charge is 0.371 e. The van der Waals surface area contributed by atoms with Crippen molar-refractivity contribution in [3.8, 4) is 0 Å². The summed E-state index contributed by atoms with van der Waals surface area (Å²) in [5, 5.41) is 3.40. The molecule has 1 aliphatic rings. The highest BCUT2D eigenvalue weighted by molar-refractivity contribution is 7.09. The van der Waals surface area contributed by atoms with E-state index < -0.39 is 0 Å². The van der Waals surface area contributed by atoms with Gasteiger partial charge in [-0.05, 0) is 31.6 Å². The van der Waals surface area contributed by atoms with E-state index in [4.69, 9.17) is 9.72 Å². The van der Waals surface area contributed by atoms with Crippen molar-refractivity contribution in [3.05, 3.63) is 16.1 Å². The molecule has 0 saturated heterocycles. The lowest BCUT2D eigenvalue weighted by Crippen LogP contribution is -2.19. The van der Waals surface area contributed by atoms with E-state index in [0.29, 0.717) is 11.8 Å². The molecule has 18 heavy (non-hydrogen) atoms. The number of ether oxygens (including phenoxy) is 1. The molecule has 102 valence electrons. The van der Waals surface area contributed by atoms with Crippen molar-refractivity contribution in [1.29, 1.82) is 0 Å². The maximum atomic E-state index is 6.01. The van der Waals surface area contributed by atoms with Gasteiger partial charge in [-0.2, -0.15) is 0 Å². The van der Waals surface area contributed by atoms with E-state index in [1.807, 2.05) is 0 Å². The van der Waals surface area contributed by atoms with E-state index in [0.717, 1.165) is 6.61 Å². The van der Waals surface area contributed by atoms with Crippen LogP contribution in [-0.4, -0.2) is 11.6 Å². The van der Waals surface area contributed by atoms with Gasteiger partial charge in [0.25, 0.3) is 0 Å². The number of hydrogen-bond donors (Lipinski definition) is 0. The summed E-state index contributed by atoms with van der Waals surface area (Å²) in [4.78, 5) is 4.80. The summed E-state index contributed by atoms with van der Waals surface area (Å²) in [7, 11) is 0. The van der Waals surface area contributed by atoms with Crippen LogP contribution in [0.2, 0.25) is 0 Å². The molecule has 1 aromatic heterocycles. The lowest BCUT2D eigenvalue weighted by molar-refractivity contribution is 0.00541. The maximum Gasteiger partial charge on any atom is 0.122 e. The van der Waals surface area contributed by atoms with Crippen LogP contribution in [0, 0.1) is 5.92 Å². The molecular weight excluding hydrogens is 242 g/mol. The van der Waals surface area contributed by atoms with Gasteiger partial charge in [-0.15, -0.1) is 11.3 Å². The van der Waals surface area contributed by atoms with E-state index in [-0.39, 0.29) is 6.10 Å². The Kier molecular flexibility index (Phi) is 5.19. The first kappa shape index (κ1) is 14.0. The molecule has 1 fully saturated rings. The first-order chi connectivity index (χ1) is 8.72. The zero-order chi connectivity index (χ0) is 13.0. The van der Waals surface area contributed by atoms with E-state index in [2.05, 4.69) is 26.2 Å². The van der Waals surface area contributed by atoms with Gasteiger partial charge in [0.15, 0.2) is 0 Å². The van der Waals surface area contributed by atoms with Crippen molar-refractivity contribution < 1.29 is 4.74 Å². The van der Waals surface area contributed by atoms with Crippen molar-refractivity contribution in [2.75, 3.05) is 6.61 Å². The van der Waals surface area contributed by atoms with Crippen LogP contribution in [0.15, 0.2) is 5.38 Å². The molecule has 0 amide bonds. The van der Waals surface area contributed by atoms with Gasteiger partial charge in [-0.25, -0.2) is 4.98 Å². The maximum absolute atomic E-state index is 6.01. The van der Waals surface area contributed by atoms with Gasteiger partial charge in [0.05, 0.1) is 5.69 Å². The molecule has 1 heterocycles. The molecule has 1 unspecified atom stereocenters. The second-order valence-corrected chi connectivity index (χ2v) is 6.43. The van der Waals surface area contributed by atoms with Crippen LogP contribution < -0.4 is 0 Å². The summed E-state index contributed by atoms with van der Waals surface area (Å²) in [6.45, 7) is 7.29. The van der Waals surface area contributed by atoms with Crippen molar-refractivity contribution in [2.24, 2.45) is 5.92 Å². The molecule has 0 N–H and O–H groups in total. The first-order valence-corrected chi connectivity index (χ1v) is 8.17. The monoisotopic (exact) mass is 267 g/mol. The molecule has 1 aromatic rings. The van der Waals surface area contributed by atoms with Crippen LogP contribution in [0.3, 0.4) is 0 Å². The standard InChI is InChI=1S/C15H25NOS/c1-4-17-14(12-8-6-5-7-9-12)15-16-13(10-18-15)11(2)3/h10-12,14H,4-9H2,1-3H3. The summed E-state index contributed by atoms with van der Waals surface area (Å²) in [6.07, 6.45) is 6.97. The van der Waals surface area contributed by atoms with Gasteiger partial charge in [-0.1, -0.05) is 33.1 Å². The van der Waals surface area contributed by atoms with Crippen molar-refractivity contribution in [1.82, 2.24) is 4.98 Å². The van der Waals surface area contributed by atoms with Gasteiger partial charge in [0.2, 0.25) is 0 Å². The summed E-state index contributed by atoms with van der Waals surface area (Å²) >= 11 is 1.78. The van der Waals surface area contributed by atoms with Gasteiger partial charge in [-0.3, -0.25) is 0 Å². The average molecular weight is 267 g/mol. The fourth-order valence-electron chi connectivity index (χ4n) is 2.72. The van der Waals surface area contributed by atoms with Gasteiger partial charge in [0, 0.05) is 12.0 Å². The van der Waals surface area contributed by atoms with E-state index in [9.17, 15) is 0 Å². The third-order valence-corrected chi connectivity index (χ3v) is 4.72. The minimum absolute atomic E-state index is 0.243. The molecule has 1 saturated carbocycles. The molecule has 1 aliphatic carbocycles. The van der Waals surface area contributed by atoms with Crippen molar-refractivity contribution in [2.45, 2.75) is 64.9 Å². The Balaban J connectivity index is 2.11. The second-order valence-electron chi connectivity index (χ2n) is 5.54. The smallest absolute Gasteiger partial charge is 0.122 e. The Labute approximate surface area is 115 Å². The predicted octanol–water partition coefficient (Wildman–Crippen LogP) is 4.92. The number of rotatable bonds is 5. The minimum atomic E-state index is 0.243. The Hall–Kier alpha value is -0.410. The number of aromatic nitrogens is 1. The molecule has 3 heteroatoms. The lowest BCUT2D eigenvalue weighted by Gasteiger charge is -2.28. The summed E-state index contributed by atoms with van der Waals surface area (Å²) < 4.78 is 6.01. The molecule has 2 nitrogen and oxygen atoms in total. The summed E-state index contributed by atoms with van der Waals surface area (Å²) in [5.41, 5.74) is 1.22. The van der Waals surface area contributed by atoms with E-state index in [1.54, 1.807) is 11.3 Å².